The molecule has 28 heavy (non-hydrogen) atoms. The first-order valence-electron chi connectivity index (χ1n) is 9.04. The van der Waals surface area contributed by atoms with Gasteiger partial charge in [0.2, 0.25) is 11.8 Å². The lowest BCUT2D eigenvalue weighted by Crippen LogP contribution is -2.24. The van der Waals surface area contributed by atoms with E-state index in [2.05, 4.69) is 34.6 Å². The molecule has 3 rings (SSSR count). The summed E-state index contributed by atoms with van der Waals surface area (Å²) in [6, 6.07) is 17.8. The smallest absolute Gasteiger partial charge is 0.277 e. The molecule has 0 aliphatic heterocycles. The van der Waals surface area contributed by atoms with Gasteiger partial charge in [-0.1, -0.05) is 61.2 Å². The predicted octanol–water partition coefficient (Wildman–Crippen LogP) is 3.83. The zero-order valence-corrected chi connectivity index (χ0v) is 16.7. The van der Waals surface area contributed by atoms with Gasteiger partial charge in [-0.2, -0.15) is 0 Å². The summed E-state index contributed by atoms with van der Waals surface area (Å²) in [5, 5.41) is 11.4. The van der Waals surface area contributed by atoms with Gasteiger partial charge in [-0.3, -0.25) is 4.79 Å². The van der Waals surface area contributed by atoms with E-state index < -0.39 is 0 Å². The number of nitrogens with zero attached hydrogens (tertiary/aromatic N) is 2. The van der Waals surface area contributed by atoms with Crippen molar-refractivity contribution in [2.75, 3.05) is 12.9 Å². The van der Waals surface area contributed by atoms with Crippen LogP contribution in [0, 0.1) is 0 Å². The van der Waals surface area contributed by atoms with Crippen molar-refractivity contribution in [1.82, 2.24) is 15.5 Å². The molecule has 3 aromatic rings. The minimum atomic E-state index is -0.0924. The number of carbonyl (C=O) groups is 1. The van der Waals surface area contributed by atoms with Crippen molar-refractivity contribution in [2.45, 2.75) is 31.0 Å². The summed E-state index contributed by atoms with van der Waals surface area (Å²) in [5.74, 6) is 1.76. The maximum atomic E-state index is 12.1. The molecule has 1 amide bonds. The third kappa shape index (κ3) is 5.85. The molecule has 0 fully saturated rings. The maximum Gasteiger partial charge on any atom is 0.277 e. The Morgan fingerprint density at radius 2 is 2.00 bits per heavy atom. The number of carbonyl (C=O) groups excluding carboxylic acids is 1. The van der Waals surface area contributed by atoms with Crippen molar-refractivity contribution in [3.8, 4) is 5.75 Å². The third-order valence-electron chi connectivity index (χ3n) is 4.25. The molecule has 6 nitrogen and oxygen atoms in total. The Hall–Kier alpha value is -2.80. The van der Waals surface area contributed by atoms with Gasteiger partial charge in [0.1, 0.15) is 5.75 Å². The van der Waals surface area contributed by atoms with E-state index in [9.17, 15) is 4.79 Å². The largest absolute Gasteiger partial charge is 0.497 e. The summed E-state index contributed by atoms with van der Waals surface area (Å²) >= 11 is 1.24. The van der Waals surface area contributed by atoms with Crippen molar-refractivity contribution in [2.24, 2.45) is 0 Å². The fraction of sp³-hybridized carbons (Fsp3) is 0.286. The molecule has 2 aromatic carbocycles. The van der Waals surface area contributed by atoms with Crippen LogP contribution < -0.4 is 10.1 Å². The molecule has 1 aromatic heterocycles. The summed E-state index contributed by atoms with van der Waals surface area (Å²) in [7, 11) is 1.62. The Labute approximate surface area is 168 Å². The quantitative estimate of drug-likeness (QED) is 0.553. The third-order valence-corrected chi connectivity index (χ3v) is 5.07. The number of methoxy groups -OCH3 is 1. The highest BCUT2D eigenvalue weighted by atomic mass is 32.2. The van der Waals surface area contributed by atoms with Crippen LogP contribution in [0.25, 0.3) is 0 Å². The summed E-state index contributed by atoms with van der Waals surface area (Å²) in [4.78, 5) is 12.1. The number of rotatable bonds is 9. The van der Waals surface area contributed by atoms with Gasteiger partial charge in [-0.15, -0.1) is 10.2 Å². The summed E-state index contributed by atoms with van der Waals surface area (Å²) in [5.41, 5.74) is 2.21. The minimum Gasteiger partial charge on any atom is -0.497 e. The highest BCUT2D eigenvalue weighted by Gasteiger charge is 2.13. The van der Waals surface area contributed by atoms with Crippen LogP contribution in [0.5, 0.6) is 5.75 Å². The second-order valence-electron chi connectivity index (χ2n) is 6.39. The summed E-state index contributed by atoms with van der Waals surface area (Å²) < 4.78 is 10.8. The molecular formula is C21H23N3O3S. The van der Waals surface area contributed by atoms with E-state index in [-0.39, 0.29) is 17.6 Å². The predicted molar refractivity (Wildman–Crippen MR) is 108 cm³/mol. The molecule has 0 radical (unpaired) electrons. The second kappa shape index (κ2) is 9.94. The number of aromatic nitrogens is 2. The van der Waals surface area contributed by atoms with Crippen LogP contribution in [0.1, 0.15) is 29.9 Å². The second-order valence-corrected chi connectivity index (χ2v) is 7.32. The highest BCUT2D eigenvalue weighted by Crippen LogP contribution is 2.22. The molecule has 1 unspecified atom stereocenters. The van der Waals surface area contributed by atoms with E-state index in [1.165, 1.54) is 17.3 Å². The van der Waals surface area contributed by atoms with Gasteiger partial charge in [0.15, 0.2) is 0 Å². The summed E-state index contributed by atoms with van der Waals surface area (Å²) in [6.45, 7) is 2.57. The lowest BCUT2D eigenvalue weighted by molar-refractivity contribution is -0.118. The first kappa shape index (κ1) is 19.9. The van der Waals surface area contributed by atoms with Crippen molar-refractivity contribution in [3.63, 3.8) is 0 Å². The monoisotopic (exact) mass is 397 g/mol. The Morgan fingerprint density at radius 1 is 1.18 bits per heavy atom. The maximum absolute atomic E-state index is 12.1. The van der Waals surface area contributed by atoms with Crippen molar-refractivity contribution in [3.05, 3.63) is 71.6 Å². The van der Waals surface area contributed by atoms with E-state index >= 15 is 0 Å². The van der Waals surface area contributed by atoms with E-state index in [4.69, 9.17) is 9.15 Å². The van der Waals surface area contributed by atoms with Gasteiger partial charge in [0.05, 0.1) is 12.9 Å². The van der Waals surface area contributed by atoms with Crippen LogP contribution in [0.3, 0.4) is 0 Å². The van der Waals surface area contributed by atoms with Crippen molar-refractivity contribution in [1.29, 1.82) is 0 Å². The van der Waals surface area contributed by atoms with Crippen LogP contribution >= 0.6 is 11.8 Å². The lowest BCUT2D eigenvalue weighted by Gasteiger charge is -2.08. The number of amides is 1. The Bertz CT molecular complexity index is 899. The topological polar surface area (TPSA) is 77.2 Å². The normalized spacial score (nSPS) is 11.8. The molecule has 0 aliphatic carbocycles. The molecule has 1 N–H and O–H groups in total. The SMILES string of the molecule is COc1cccc(CNC(=O)CSc2nnc(CC(C)c3ccccc3)o2)c1. The Kier molecular flexibility index (Phi) is 7.08. The number of hydrogen-bond donors (Lipinski definition) is 1. The van der Waals surface area contributed by atoms with Crippen LogP contribution in [0.15, 0.2) is 64.2 Å². The van der Waals surface area contributed by atoms with Gasteiger partial charge in [0.25, 0.3) is 5.22 Å². The average molecular weight is 398 g/mol. The highest BCUT2D eigenvalue weighted by molar-refractivity contribution is 7.99. The van der Waals surface area contributed by atoms with E-state index in [1.54, 1.807) is 7.11 Å². The minimum absolute atomic E-state index is 0.0924. The number of thioether (sulfide) groups is 1. The Morgan fingerprint density at radius 3 is 2.79 bits per heavy atom. The molecule has 0 spiro atoms. The molecule has 0 saturated carbocycles. The zero-order chi connectivity index (χ0) is 19.8. The van der Waals surface area contributed by atoms with Gasteiger partial charge < -0.3 is 14.5 Å². The van der Waals surface area contributed by atoms with Gasteiger partial charge in [-0.25, -0.2) is 0 Å². The van der Waals surface area contributed by atoms with E-state index in [0.29, 0.717) is 24.1 Å². The number of nitrogens with one attached hydrogen (secondary N) is 1. The first-order chi connectivity index (χ1) is 13.6. The van der Waals surface area contributed by atoms with Gasteiger partial charge in [-0.05, 0) is 29.2 Å². The van der Waals surface area contributed by atoms with Crippen LogP contribution in [0.4, 0.5) is 0 Å². The van der Waals surface area contributed by atoms with Crippen LogP contribution in [-0.4, -0.2) is 29.0 Å². The molecule has 1 atom stereocenters. The fourth-order valence-electron chi connectivity index (χ4n) is 2.70. The van der Waals surface area contributed by atoms with Crippen molar-refractivity contribution >= 4 is 17.7 Å². The molecule has 0 bridgehead atoms. The van der Waals surface area contributed by atoms with E-state index in [0.717, 1.165) is 11.3 Å². The molecule has 146 valence electrons. The first-order valence-corrected chi connectivity index (χ1v) is 10.0. The zero-order valence-electron chi connectivity index (χ0n) is 15.9. The fourth-order valence-corrected chi connectivity index (χ4v) is 3.31. The average Bonchev–Trinajstić information content (AvgIpc) is 3.18. The number of benzene rings is 2. The Balaban J connectivity index is 1.44. The van der Waals surface area contributed by atoms with Crippen molar-refractivity contribution < 1.29 is 13.9 Å². The standard InChI is InChI=1S/C21H23N3O3S/c1-15(17-8-4-3-5-9-17)11-20-23-24-21(27-20)28-14-19(25)22-13-16-7-6-10-18(12-16)26-2/h3-10,12,15H,11,13-14H2,1-2H3,(H,22,25). The molecule has 7 heteroatoms. The molecule has 0 aliphatic rings. The van der Waals surface area contributed by atoms with Gasteiger partial charge in [0, 0.05) is 13.0 Å². The van der Waals surface area contributed by atoms with Crippen LogP contribution in [-0.2, 0) is 17.8 Å². The summed E-state index contributed by atoms with van der Waals surface area (Å²) in [6.07, 6.45) is 0.666. The number of hydrogen-bond acceptors (Lipinski definition) is 6. The molecule has 1 heterocycles. The van der Waals surface area contributed by atoms with Gasteiger partial charge >= 0.3 is 0 Å². The molecular weight excluding hydrogens is 374 g/mol. The number of ether oxygens (including phenoxy) is 1. The lowest BCUT2D eigenvalue weighted by atomic mass is 9.98. The molecule has 0 saturated heterocycles. The van der Waals surface area contributed by atoms with Crippen LogP contribution in [0.2, 0.25) is 0 Å². The van der Waals surface area contributed by atoms with E-state index in [1.807, 2.05) is 42.5 Å².